The molecule has 0 atom stereocenters. The molecule has 1 N–H and O–H groups in total. The number of aromatic nitrogens is 1. The van der Waals surface area contributed by atoms with Crippen LogP contribution in [0.5, 0.6) is 0 Å². The molecular formula is C11H15NO3. The Kier molecular flexibility index (Phi) is 3.66. The topological polar surface area (TPSA) is 59.3 Å². The average molecular weight is 209 g/mol. The number of carboxylic acid groups (broad SMARTS) is 1. The minimum absolute atomic E-state index is 0.181. The minimum atomic E-state index is -0.973. The quantitative estimate of drug-likeness (QED) is 0.810. The van der Waals surface area contributed by atoms with Gasteiger partial charge in [0.1, 0.15) is 0 Å². The van der Waals surface area contributed by atoms with Crippen molar-refractivity contribution in [2.24, 2.45) is 0 Å². The number of aryl methyl sites for hydroxylation is 1. The molecule has 0 aliphatic carbocycles. The van der Waals surface area contributed by atoms with Gasteiger partial charge >= 0.3 is 5.97 Å². The Labute approximate surface area is 88.2 Å². The van der Waals surface area contributed by atoms with Crippen molar-refractivity contribution in [3.05, 3.63) is 33.7 Å². The fraction of sp³-hybridized carbons (Fsp3) is 0.455. The van der Waals surface area contributed by atoms with E-state index in [4.69, 9.17) is 5.11 Å². The van der Waals surface area contributed by atoms with Crippen LogP contribution in [0, 0.1) is 6.92 Å². The third-order valence-corrected chi connectivity index (χ3v) is 2.26. The standard InChI is InChI=1S/C11H15NO3/c1-3-6-12-8(2)4-5-9(11(12)15)7-10(13)14/h4-5H,3,6-7H2,1-2H3,(H,13,14). The van der Waals surface area contributed by atoms with E-state index in [9.17, 15) is 9.59 Å². The zero-order valence-electron chi connectivity index (χ0n) is 8.99. The number of rotatable bonds is 4. The molecule has 0 amide bonds. The van der Waals surface area contributed by atoms with Gasteiger partial charge in [0, 0.05) is 17.8 Å². The Hall–Kier alpha value is -1.58. The first-order valence-electron chi connectivity index (χ1n) is 4.97. The highest BCUT2D eigenvalue weighted by Crippen LogP contribution is 2.00. The first-order chi connectivity index (χ1) is 7.06. The van der Waals surface area contributed by atoms with Crippen molar-refractivity contribution in [2.75, 3.05) is 0 Å². The molecule has 0 aliphatic rings. The second-order valence-corrected chi connectivity index (χ2v) is 3.53. The van der Waals surface area contributed by atoms with Crippen LogP contribution < -0.4 is 5.56 Å². The van der Waals surface area contributed by atoms with Crippen molar-refractivity contribution in [3.63, 3.8) is 0 Å². The summed E-state index contributed by atoms with van der Waals surface area (Å²) in [5.74, 6) is -0.973. The van der Waals surface area contributed by atoms with Gasteiger partial charge in [-0.05, 0) is 19.4 Å². The number of nitrogens with zero attached hydrogens (tertiary/aromatic N) is 1. The van der Waals surface area contributed by atoms with Gasteiger partial charge in [0.15, 0.2) is 0 Å². The predicted octanol–water partition coefficient (Wildman–Crippen LogP) is 1.19. The molecule has 4 nitrogen and oxygen atoms in total. The fourth-order valence-electron chi connectivity index (χ4n) is 1.51. The maximum atomic E-state index is 11.8. The highest BCUT2D eigenvalue weighted by molar-refractivity contribution is 5.69. The molecule has 1 rings (SSSR count). The van der Waals surface area contributed by atoms with Gasteiger partial charge in [-0.3, -0.25) is 9.59 Å². The minimum Gasteiger partial charge on any atom is -0.481 e. The van der Waals surface area contributed by atoms with Crippen LogP contribution in [-0.4, -0.2) is 15.6 Å². The Morgan fingerprint density at radius 2 is 2.13 bits per heavy atom. The summed E-state index contributed by atoms with van der Waals surface area (Å²) in [7, 11) is 0. The van der Waals surface area contributed by atoms with Crippen molar-refractivity contribution < 1.29 is 9.90 Å². The summed E-state index contributed by atoms with van der Waals surface area (Å²) in [6, 6.07) is 3.38. The van der Waals surface area contributed by atoms with Crippen molar-refractivity contribution in [1.82, 2.24) is 4.57 Å². The molecule has 0 saturated heterocycles. The molecule has 0 spiro atoms. The van der Waals surface area contributed by atoms with E-state index in [1.165, 1.54) is 0 Å². The zero-order valence-corrected chi connectivity index (χ0v) is 8.99. The van der Waals surface area contributed by atoms with Crippen molar-refractivity contribution in [2.45, 2.75) is 33.2 Å². The smallest absolute Gasteiger partial charge is 0.308 e. The normalized spacial score (nSPS) is 10.3. The summed E-state index contributed by atoms with van der Waals surface area (Å²) < 4.78 is 1.62. The van der Waals surface area contributed by atoms with Gasteiger partial charge in [-0.1, -0.05) is 13.0 Å². The molecule has 0 bridgehead atoms. The maximum absolute atomic E-state index is 11.8. The molecule has 0 radical (unpaired) electrons. The predicted molar refractivity (Wildman–Crippen MR) is 57.1 cm³/mol. The molecule has 1 heterocycles. The Morgan fingerprint density at radius 1 is 1.47 bits per heavy atom. The lowest BCUT2D eigenvalue weighted by atomic mass is 10.2. The van der Waals surface area contributed by atoms with Crippen molar-refractivity contribution in [1.29, 1.82) is 0 Å². The van der Waals surface area contributed by atoms with Gasteiger partial charge in [0.05, 0.1) is 6.42 Å². The molecule has 4 heteroatoms. The second-order valence-electron chi connectivity index (χ2n) is 3.53. The first kappa shape index (κ1) is 11.5. The summed E-state index contributed by atoms with van der Waals surface area (Å²) in [4.78, 5) is 22.3. The summed E-state index contributed by atoms with van der Waals surface area (Å²) in [6.45, 7) is 4.47. The molecule has 82 valence electrons. The fourth-order valence-corrected chi connectivity index (χ4v) is 1.51. The van der Waals surface area contributed by atoms with Crippen molar-refractivity contribution >= 4 is 5.97 Å². The Balaban J connectivity index is 3.16. The molecule has 1 aromatic rings. The van der Waals surface area contributed by atoms with Crippen LogP contribution in [0.4, 0.5) is 0 Å². The van der Waals surface area contributed by atoms with Crippen LogP contribution in [0.15, 0.2) is 16.9 Å². The number of hydrogen-bond donors (Lipinski definition) is 1. The lowest BCUT2D eigenvalue weighted by Gasteiger charge is -2.09. The van der Waals surface area contributed by atoms with E-state index in [0.717, 1.165) is 12.1 Å². The maximum Gasteiger partial charge on any atom is 0.308 e. The lowest BCUT2D eigenvalue weighted by molar-refractivity contribution is -0.136. The van der Waals surface area contributed by atoms with E-state index in [1.807, 2.05) is 13.8 Å². The molecule has 0 unspecified atom stereocenters. The van der Waals surface area contributed by atoms with Gasteiger partial charge < -0.3 is 9.67 Å². The second kappa shape index (κ2) is 4.77. The number of aliphatic carboxylic acids is 1. The molecule has 0 saturated carbocycles. The van der Waals surface area contributed by atoms with E-state index < -0.39 is 5.97 Å². The molecule has 15 heavy (non-hydrogen) atoms. The van der Waals surface area contributed by atoms with E-state index in [-0.39, 0.29) is 12.0 Å². The number of pyridine rings is 1. The zero-order chi connectivity index (χ0) is 11.4. The molecule has 0 fully saturated rings. The van der Waals surface area contributed by atoms with Crippen LogP contribution in [0.25, 0.3) is 0 Å². The van der Waals surface area contributed by atoms with Gasteiger partial charge in [0.25, 0.3) is 5.56 Å². The van der Waals surface area contributed by atoms with E-state index in [1.54, 1.807) is 16.7 Å². The van der Waals surface area contributed by atoms with Crippen LogP contribution in [0.1, 0.15) is 24.6 Å². The Morgan fingerprint density at radius 3 is 2.67 bits per heavy atom. The summed E-state index contributed by atoms with van der Waals surface area (Å²) in [6.07, 6.45) is 0.653. The average Bonchev–Trinajstić information content (AvgIpc) is 2.16. The Bertz CT molecular complexity index is 420. The molecular weight excluding hydrogens is 194 g/mol. The summed E-state index contributed by atoms with van der Waals surface area (Å²) in [5, 5.41) is 8.63. The summed E-state index contributed by atoms with van der Waals surface area (Å²) in [5.41, 5.74) is 1.04. The third-order valence-electron chi connectivity index (χ3n) is 2.26. The van der Waals surface area contributed by atoms with Crippen LogP contribution >= 0.6 is 0 Å². The van der Waals surface area contributed by atoms with Crippen molar-refractivity contribution in [3.8, 4) is 0 Å². The number of carbonyl (C=O) groups is 1. The van der Waals surface area contributed by atoms with Crippen LogP contribution in [-0.2, 0) is 17.8 Å². The SMILES string of the molecule is CCCn1c(C)ccc(CC(=O)O)c1=O. The van der Waals surface area contributed by atoms with E-state index >= 15 is 0 Å². The third kappa shape index (κ3) is 2.68. The molecule has 1 aromatic heterocycles. The van der Waals surface area contributed by atoms with Gasteiger partial charge in [-0.15, -0.1) is 0 Å². The number of carboxylic acids is 1. The largest absolute Gasteiger partial charge is 0.481 e. The van der Waals surface area contributed by atoms with Gasteiger partial charge in [-0.2, -0.15) is 0 Å². The monoisotopic (exact) mass is 209 g/mol. The molecule has 0 aromatic carbocycles. The summed E-state index contributed by atoms with van der Waals surface area (Å²) >= 11 is 0. The van der Waals surface area contributed by atoms with Gasteiger partial charge in [0.2, 0.25) is 0 Å². The highest BCUT2D eigenvalue weighted by atomic mass is 16.4. The van der Waals surface area contributed by atoms with E-state index in [2.05, 4.69) is 0 Å². The van der Waals surface area contributed by atoms with Crippen LogP contribution in [0.3, 0.4) is 0 Å². The first-order valence-corrected chi connectivity index (χ1v) is 4.97. The van der Waals surface area contributed by atoms with Crippen LogP contribution in [0.2, 0.25) is 0 Å². The van der Waals surface area contributed by atoms with E-state index in [0.29, 0.717) is 12.1 Å². The number of hydrogen-bond acceptors (Lipinski definition) is 2. The lowest BCUT2D eigenvalue weighted by Crippen LogP contribution is -2.26. The molecule has 0 aliphatic heterocycles. The highest BCUT2D eigenvalue weighted by Gasteiger charge is 2.08. The van der Waals surface area contributed by atoms with Gasteiger partial charge in [-0.25, -0.2) is 0 Å².